The molecule has 0 saturated carbocycles. The topological polar surface area (TPSA) is 37.0 Å². The number of nitrogens with zero attached hydrogens (tertiary/aromatic N) is 1. The molecule has 1 heterocycles. The van der Waals surface area contributed by atoms with E-state index in [4.69, 9.17) is 17.2 Å². The first-order chi connectivity index (χ1) is 13.1. The average molecular weight is 390 g/mol. The number of rotatable bonds is 3. The van der Waals surface area contributed by atoms with Crippen molar-refractivity contribution in [3.05, 3.63) is 77.9 Å². The molecular formula is C22H19N3S2. The highest BCUT2D eigenvalue weighted by Crippen LogP contribution is 2.31. The number of hydrogen-bond donors (Lipinski definition) is 2. The van der Waals surface area contributed by atoms with Crippen molar-refractivity contribution in [2.24, 2.45) is 0 Å². The van der Waals surface area contributed by atoms with Gasteiger partial charge >= 0.3 is 0 Å². The van der Waals surface area contributed by atoms with E-state index in [1.165, 1.54) is 15.8 Å². The molecule has 5 heteroatoms. The second-order valence-corrected chi connectivity index (χ2v) is 7.96. The van der Waals surface area contributed by atoms with E-state index in [1.807, 2.05) is 24.3 Å². The van der Waals surface area contributed by atoms with Crippen LogP contribution in [0.4, 0.5) is 11.4 Å². The third-order valence-electron chi connectivity index (χ3n) is 4.21. The zero-order chi connectivity index (χ0) is 18.8. The summed E-state index contributed by atoms with van der Waals surface area (Å²) in [6.45, 7) is 4.16. The van der Waals surface area contributed by atoms with Crippen LogP contribution in [-0.2, 0) is 0 Å². The van der Waals surface area contributed by atoms with Gasteiger partial charge in [0.05, 0.1) is 10.2 Å². The molecule has 3 nitrogen and oxygen atoms in total. The molecule has 1 aromatic heterocycles. The van der Waals surface area contributed by atoms with Gasteiger partial charge in [-0.25, -0.2) is 4.98 Å². The number of thiazole rings is 1. The summed E-state index contributed by atoms with van der Waals surface area (Å²) in [6, 6.07) is 22.7. The molecule has 4 rings (SSSR count). The van der Waals surface area contributed by atoms with Crippen molar-refractivity contribution in [2.75, 3.05) is 10.6 Å². The molecule has 134 valence electrons. The van der Waals surface area contributed by atoms with Gasteiger partial charge in [0.15, 0.2) is 5.11 Å². The number of hydrogen-bond acceptors (Lipinski definition) is 3. The molecule has 0 spiro atoms. The summed E-state index contributed by atoms with van der Waals surface area (Å²) < 4.78 is 1.22. The van der Waals surface area contributed by atoms with Crippen molar-refractivity contribution >= 4 is 50.3 Å². The molecular weight excluding hydrogens is 370 g/mol. The van der Waals surface area contributed by atoms with Crippen LogP contribution in [0.15, 0.2) is 66.7 Å². The minimum atomic E-state index is 0.573. The molecule has 3 aromatic carbocycles. The zero-order valence-electron chi connectivity index (χ0n) is 15.1. The molecule has 0 radical (unpaired) electrons. The predicted octanol–water partition coefficient (Wildman–Crippen LogP) is 6.39. The van der Waals surface area contributed by atoms with Crippen LogP contribution in [0.25, 0.3) is 20.8 Å². The number of benzene rings is 3. The Morgan fingerprint density at radius 2 is 1.59 bits per heavy atom. The first-order valence-electron chi connectivity index (χ1n) is 8.69. The van der Waals surface area contributed by atoms with Crippen LogP contribution < -0.4 is 10.6 Å². The lowest BCUT2D eigenvalue weighted by Gasteiger charge is -2.11. The van der Waals surface area contributed by atoms with Gasteiger partial charge in [0.1, 0.15) is 5.01 Å². The lowest BCUT2D eigenvalue weighted by molar-refractivity contribution is 1.45. The molecule has 0 atom stereocenters. The van der Waals surface area contributed by atoms with Gasteiger partial charge < -0.3 is 10.6 Å². The summed E-state index contributed by atoms with van der Waals surface area (Å²) >= 11 is 7.13. The Balaban J connectivity index is 1.47. The van der Waals surface area contributed by atoms with Crippen molar-refractivity contribution in [3.63, 3.8) is 0 Å². The molecule has 27 heavy (non-hydrogen) atoms. The standard InChI is InChI=1S/C22H19N3S2/c1-14-4-3-5-18(12-14)24-22(26)23-17-9-7-16(8-10-17)21-25-19-11-6-15(2)13-20(19)27-21/h3-13H,1-2H3,(H2,23,24,26). The Labute approximate surface area is 168 Å². The van der Waals surface area contributed by atoms with Gasteiger partial charge in [0.25, 0.3) is 0 Å². The summed E-state index contributed by atoms with van der Waals surface area (Å²) in [5, 5.41) is 8.04. The van der Waals surface area contributed by atoms with E-state index in [0.29, 0.717) is 5.11 Å². The normalized spacial score (nSPS) is 10.7. The van der Waals surface area contributed by atoms with Crippen LogP contribution in [-0.4, -0.2) is 10.1 Å². The predicted molar refractivity (Wildman–Crippen MR) is 121 cm³/mol. The van der Waals surface area contributed by atoms with E-state index in [-0.39, 0.29) is 0 Å². The summed E-state index contributed by atoms with van der Waals surface area (Å²) in [5.74, 6) is 0. The minimum Gasteiger partial charge on any atom is -0.332 e. The molecule has 2 N–H and O–H groups in total. The van der Waals surface area contributed by atoms with E-state index >= 15 is 0 Å². The lowest BCUT2D eigenvalue weighted by atomic mass is 10.2. The maximum absolute atomic E-state index is 5.41. The Kier molecular flexibility index (Phi) is 4.88. The second-order valence-electron chi connectivity index (χ2n) is 6.52. The van der Waals surface area contributed by atoms with Gasteiger partial charge in [0, 0.05) is 16.9 Å². The first-order valence-corrected chi connectivity index (χ1v) is 9.92. The molecule has 0 fully saturated rings. The van der Waals surface area contributed by atoms with Crippen LogP contribution in [0, 0.1) is 13.8 Å². The Morgan fingerprint density at radius 1 is 0.852 bits per heavy atom. The van der Waals surface area contributed by atoms with E-state index in [2.05, 4.69) is 66.9 Å². The largest absolute Gasteiger partial charge is 0.332 e. The summed E-state index contributed by atoms with van der Waals surface area (Å²) in [7, 11) is 0. The highest BCUT2D eigenvalue weighted by molar-refractivity contribution is 7.80. The smallest absolute Gasteiger partial charge is 0.175 e. The number of aryl methyl sites for hydroxylation is 2. The molecule has 0 aliphatic heterocycles. The van der Waals surface area contributed by atoms with Gasteiger partial charge in [-0.1, -0.05) is 18.2 Å². The van der Waals surface area contributed by atoms with Crippen LogP contribution in [0.1, 0.15) is 11.1 Å². The van der Waals surface area contributed by atoms with E-state index in [0.717, 1.165) is 27.5 Å². The van der Waals surface area contributed by atoms with Gasteiger partial charge in [-0.2, -0.15) is 0 Å². The van der Waals surface area contributed by atoms with Gasteiger partial charge in [-0.15, -0.1) is 11.3 Å². The quantitative estimate of drug-likeness (QED) is 0.398. The fourth-order valence-electron chi connectivity index (χ4n) is 2.87. The van der Waals surface area contributed by atoms with Crippen molar-refractivity contribution in [1.82, 2.24) is 4.98 Å². The highest BCUT2D eigenvalue weighted by atomic mass is 32.1. The van der Waals surface area contributed by atoms with E-state index < -0.39 is 0 Å². The summed E-state index contributed by atoms with van der Waals surface area (Å²) in [4.78, 5) is 4.74. The number of thiocarbonyl (C=S) groups is 1. The van der Waals surface area contributed by atoms with Crippen LogP contribution in [0.2, 0.25) is 0 Å². The van der Waals surface area contributed by atoms with Crippen molar-refractivity contribution in [3.8, 4) is 10.6 Å². The van der Waals surface area contributed by atoms with Crippen LogP contribution in [0.3, 0.4) is 0 Å². The molecule has 0 saturated heterocycles. The van der Waals surface area contributed by atoms with Crippen LogP contribution in [0.5, 0.6) is 0 Å². The summed E-state index contributed by atoms with van der Waals surface area (Å²) in [6.07, 6.45) is 0. The number of aromatic nitrogens is 1. The van der Waals surface area contributed by atoms with Crippen molar-refractivity contribution in [1.29, 1.82) is 0 Å². The number of nitrogens with one attached hydrogen (secondary N) is 2. The number of fused-ring (bicyclic) bond motifs is 1. The SMILES string of the molecule is Cc1cccc(NC(=S)Nc2ccc(-c3nc4ccc(C)cc4s3)cc2)c1. The Bertz CT molecular complexity index is 1110. The summed E-state index contributed by atoms with van der Waals surface area (Å²) in [5.41, 5.74) is 6.53. The third-order valence-corrected chi connectivity index (χ3v) is 5.48. The maximum Gasteiger partial charge on any atom is 0.175 e. The molecule has 4 aromatic rings. The molecule has 0 amide bonds. The maximum atomic E-state index is 5.41. The Morgan fingerprint density at radius 3 is 2.37 bits per heavy atom. The van der Waals surface area contributed by atoms with Crippen molar-refractivity contribution in [2.45, 2.75) is 13.8 Å². The first kappa shape index (κ1) is 17.6. The second kappa shape index (κ2) is 7.47. The monoisotopic (exact) mass is 389 g/mol. The highest BCUT2D eigenvalue weighted by Gasteiger charge is 2.07. The molecule has 0 aliphatic carbocycles. The van der Waals surface area contributed by atoms with Gasteiger partial charge in [0.2, 0.25) is 0 Å². The van der Waals surface area contributed by atoms with E-state index in [9.17, 15) is 0 Å². The fraction of sp³-hybridized carbons (Fsp3) is 0.0909. The third kappa shape index (κ3) is 4.15. The minimum absolute atomic E-state index is 0.573. The lowest BCUT2D eigenvalue weighted by Crippen LogP contribution is -2.18. The molecule has 0 aliphatic rings. The van der Waals surface area contributed by atoms with Gasteiger partial charge in [-0.3, -0.25) is 0 Å². The van der Waals surface area contributed by atoms with Crippen LogP contribution >= 0.6 is 23.6 Å². The average Bonchev–Trinajstić information content (AvgIpc) is 3.05. The molecule has 0 unspecified atom stereocenters. The van der Waals surface area contributed by atoms with Crippen molar-refractivity contribution < 1.29 is 0 Å². The fourth-order valence-corrected chi connectivity index (χ4v) is 4.17. The Hall–Kier alpha value is -2.76. The van der Waals surface area contributed by atoms with Gasteiger partial charge in [-0.05, 0) is 85.7 Å². The van der Waals surface area contributed by atoms with E-state index in [1.54, 1.807) is 11.3 Å². The number of anilines is 2. The molecule has 0 bridgehead atoms. The zero-order valence-corrected chi connectivity index (χ0v) is 16.7.